The first kappa shape index (κ1) is 28.8. The van der Waals surface area contributed by atoms with Gasteiger partial charge in [0.15, 0.2) is 0 Å². The van der Waals surface area contributed by atoms with Gasteiger partial charge in [0.05, 0.1) is 23.8 Å². The monoisotopic (exact) mass is 607 g/mol. The van der Waals surface area contributed by atoms with Crippen molar-refractivity contribution in [3.63, 3.8) is 0 Å². The summed E-state index contributed by atoms with van der Waals surface area (Å²) >= 11 is 6.46. The maximum absolute atomic E-state index is 14.5. The van der Waals surface area contributed by atoms with Gasteiger partial charge < -0.3 is 5.32 Å². The summed E-state index contributed by atoms with van der Waals surface area (Å²) in [6.45, 7) is 1.73. The van der Waals surface area contributed by atoms with Gasteiger partial charge in [0.2, 0.25) is 15.9 Å². The fourth-order valence-electron chi connectivity index (χ4n) is 5.07. The van der Waals surface area contributed by atoms with Crippen molar-refractivity contribution in [2.24, 2.45) is 0 Å². The number of benzene rings is 1. The fourth-order valence-corrected chi connectivity index (χ4v) is 7.00. The van der Waals surface area contributed by atoms with Crippen molar-refractivity contribution in [3.05, 3.63) is 83.0 Å². The van der Waals surface area contributed by atoms with Crippen molar-refractivity contribution < 1.29 is 31.2 Å². The number of aromatic nitrogens is 2. The topological polar surface area (TPSA) is 113 Å². The highest BCUT2D eigenvalue weighted by Crippen LogP contribution is 2.40. The molecule has 2 fully saturated rings. The first-order valence-corrected chi connectivity index (χ1v) is 14.7. The molecule has 9 nitrogen and oxygen atoms in total. The van der Waals surface area contributed by atoms with E-state index in [-0.39, 0.29) is 34.3 Å². The standard InChI is InChI=1S/C27H25ClF3N5O4S/c1-16-6-8-33-23(10-16)36-22(7-9-41(36,39)40)26(38)35(19-11-17(29)14-32-15-19)24(20-4-2-3-5-21(20)28)25(37)34-18-12-27(30,31)13-18/h2-6,8,10-11,14-15,18,22,24H,7,9,12-13H2,1H3,(H,34,37)/t22-,24?/m0/s1. The summed E-state index contributed by atoms with van der Waals surface area (Å²) in [5.74, 6) is -5.85. The zero-order valence-electron chi connectivity index (χ0n) is 21.7. The van der Waals surface area contributed by atoms with Crippen molar-refractivity contribution in [2.75, 3.05) is 15.0 Å². The van der Waals surface area contributed by atoms with Crippen LogP contribution in [0.2, 0.25) is 5.02 Å². The molecule has 2 aliphatic rings. The highest BCUT2D eigenvalue weighted by Gasteiger charge is 2.49. The molecule has 3 heterocycles. The lowest BCUT2D eigenvalue weighted by molar-refractivity contribution is -0.133. The van der Waals surface area contributed by atoms with Gasteiger partial charge in [-0.2, -0.15) is 0 Å². The van der Waals surface area contributed by atoms with Gasteiger partial charge in [0.25, 0.3) is 11.8 Å². The van der Waals surface area contributed by atoms with E-state index in [0.29, 0.717) is 5.56 Å². The molecule has 1 saturated carbocycles. The number of pyridine rings is 2. The van der Waals surface area contributed by atoms with Crippen LogP contribution in [0.3, 0.4) is 0 Å². The molecule has 1 aromatic carbocycles. The smallest absolute Gasteiger partial charge is 0.252 e. The van der Waals surface area contributed by atoms with Crippen molar-refractivity contribution in [1.82, 2.24) is 15.3 Å². The van der Waals surface area contributed by atoms with Crippen LogP contribution in [0.4, 0.5) is 24.7 Å². The van der Waals surface area contributed by atoms with Gasteiger partial charge in [0, 0.05) is 41.7 Å². The average Bonchev–Trinajstić information content (AvgIpc) is 3.21. The number of nitrogens with one attached hydrogen (secondary N) is 1. The molecular formula is C27H25ClF3N5O4S. The van der Waals surface area contributed by atoms with Gasteiger partial charge in [-0.1, -0.05) is 29.8 Å². The highest BCUT2D eigenvalue weighted by molar-refractivity contribution is 7.93. The average molecular weight is 608 g/mol. The quantitative estimate of drug-likeness (QED) is 0.431. The Morgan fingerprint density at radius 1 is 1.17 bits per heavy atom. The number of nitrogens with zero attached hydrogens (tertiary/aromatic N) is 4. The van der Waals surface area contributed by atoms with Crippen LogP contribution in [-0.4, -0.2) is 54.0 Å². The summed E-state index contributed by atoms with van der Waals surface area (Å²) in [4.78, 5) is 37.1. The predicted molar refractivity (Wildman–Crippen MR) is 146 cm³/mol. The van der Waals surface area contributed by atoms with E-state index in [1.165, 1.54) is 24.4 Å². The number of alkyl halides is 2. The number of halogens is 4. The Labute approximate surface area is 239 Å². The highest BCUT2D eigenvalue weighted by atomic mass is 35.5. The van der Waals surface area contributed by atoms with Crippen LogP contribution in [0, 0.1) is 12.7 Å². The lowest BCUT2D eigenvalue weighted by Gasteiger charge is -2.39. The number of amides is 2. The van der Waals surface area contributed by atoms with Crippen molar-refractivity contribution in [3.8, 4) is 0 Å². The zero-order chi connectivity index (χ0) is 29.5. The predicted octanol–water partition coefficient (Wildman–Crippen LogP) is 4.17. The van der Waals surface area contributed by atoms with Crippen LogP contribution in [0.25, 0.3) is 0 Å². The summed E-state index contributed by atoms with van der Waals surface area (Å²) in [6, 6.07) is 6.44. The molecule has 1 saturated heterocycles. The molecule has 2 atom stereocenters. The molecule has 0 bridgehead atoms. The van der Waals surface area contributed by atoms with E-state index in [4.69, 9.17) is 11.6 Å². The lowest BCUT2D eigenvalue weighted by atomic mass is 9.87. The van der Waals surface area contributed by atoms with Crippen LogP contribution < -0.4 is 14.5 Å². The van der Waals surface area contributed by atoms with Gasteiger partial charge in [-0.05, 0) is 37.1 Å². The summed E-state index contributed by atoms with van der Waals surface area (Å²) < 4.78 is 68.8. The number of carbonyl (C=O) groups excluding carboxylic acids is 2. The summed E-state index contributed by atoms with van der Waals surface area (Å²) in [6.07, 6.45) is 2.13. The Hall–Kier alpha value is -3.71. The van der Waals surface area contributed by atoms with Gasteiger partial charge >= 0.3 is 0 Å². The van der Waals surface area contributed by atoms with E-state index in [0.717, 1.165) is 27.7 Å². The van der Waals surface area contributed by atoms with Crippen LogP contribution in [0.5, 0.6) is 0 Å². The first-order chi connectivity index (χ1) is 19.4. The van der Waals surface area contributed by atoms with Crippen LogP contribution in [0.1, 0.15) is 36.4 Å². The SMILES string of the molecule is Cc1ccnc(N2[C@H](C(=O)N(c3cncc(F)c3)C(C(=O)NC3CC(F)(F)C3)c3ccccc3Cl)CCS2(=O)=O)c1. The Morgan fingerprint density at radius 2 is 1.90 bits per heavy atom. The minimum atomic E-state index is -4.00. The number of aryl methyl sites for hydroxylation is 1. The molecule has 216 valence electrons. The Balaban J connectivity index is 1.63. The molecule has 1 unspecified atom stereocenters. The summed E-state index contributed by atoms with van der Waals surface area (Å²) in [5, 5.41) is 2.62. The number of rotatable bonds is 7. The molecule has 0 radical (unpaired) electrons. The van der Waals surface area contributed by atoms with Crippen molar-refractivity contribution in [1.29, 1.82) is 0 Å². The van der Waals surface area contributed by atoms with Crippen molar-refractivity contribution >= 4 is 44.9 Å². The van der Waals surface area contributed by atoms with E-state index in [2.05, 4.69) is 15.3 Å². The number of carbonyl (C=O) groups is 2. The van der Waals surface area contributed by atoms with Gasteiger partial charge in [-0.3, -0.25) is 19.5 Å². The van der Waals surface area contributed by atoms with E-state index < -0.39 is 64.5 Å². The van der Waals surface area contributed by atoms with E-state index in [9.17, 15) is 31.2 Å². The molecule has 41 heavy (non-hydrogen) atoms. The van der Waals surface area contributed by atoms with Crippen LogP contribution in [0.15, 0.2) is 61.1 Å². The van der Waals surface area contributed by atoms with Crippen LogP contribution in [-0.2, 0) is 19.6 Å². The minimum absolute atomic E-state index is 0.00797. The van der Waals surface area contributed by atoms with Gasteiger partial charge in [0.1, 0.15) is 23.7 Å². The third kappa shape index (κ3) is 5.87. The Morgan fingerprint density at radius 3 is 2.56 bits per heavy atom. The third-order valence-corrected chi connectivity index (χ3v) is 9.13. The maximum atomic E-state index is 14.5. The molecule has 1 aliphatic carbocycles. The zero-order valence-corrected chi connectivity index (χ0v) is 23.2. The summed E-state index contributed by atoms with van der Waals surface area (Å²) in [7, 11) is -4.00. The summed E-state index contributed by atoms with van der Waals surface area (Å²) in [5.41, 5.74) is 0.659. The number of hydrogen-bond donors (Lipinski definition) is 1. The molecule has 0 spiro atoms. The van der Waals surface area contributed by atoms with E-state index in [1.54, 1.807) is 25.1 Å². The molecule has 1 aliphatic heterocycles. The second-order valence-electron chi connectivity index (χ2n) is 10.1. The normalized spacial score (nSPS) is 20.2. The molecule has 14 heteroatoms. The van der Waals surface area contributed by atoms with Gasteiger partial charge in [-0.15, -0.1) is 0 Å². The van der Waals surface area contributed by atoms with Gasteiger partial charge in [-0.25, -0.2) is 30.9 Å². The number of hydrogen-bond acceptors (Lipinski definition) is 6. The molecular weight excluding hydrogens is 583 g/mol. The molecule has 2 aromatic heterocycles. The minimum Gasteiger partial charge on any atom is -0.351 e. The van der Waals surface area contributed by atoms with Crippen LogP contribution >= 0.6 is 11.6 Å². The molecule has 2 amide bonds. The molecule has 5 rings (SSSR count). The lowest BCUT2D eigenvalue weighted by Crippen LogP contribution is -2.56. The second kappa shape index (κ2) is 10.9. The van der Waals surface area contributed by atoms with Crippen molar-refractivity contribution in [2.45, 2.75) is 50.2 Å². The number of sulfonamides is 1. The van der Waals surface area contributed by atoms with E-state index >= 15 is 0 Å². The van der Waals surface area contributed by atoms with E-state index in [1.807, 2.05) is 0 Å². The molecule has 1 N–H and O–H groups in total. The first-order valence-electron chi connectivity index (χ1n) is 12.7. The third-order valence-electron chi connectivity index (χ3n) is 6.99. The second-order valence-corrected chi connectivity index (χ2v) is 12.4. The fraction of sp³-hybridized carbons (Fsp3) is 0.333. The Kier molecular flexibility index (Phi) is 7.68. The Bertz CT molecular complexity index is 1600. The number of anilines is 2. The maximum Gasteiger partial charge on any atom is 0.252 e. The molecule has 3 aromatic rings. The largest absolute Gasteiger partial charge is 0.351 e.